The van der Waals surface area contributed by atoms with Gasteiger partial charge in [0.1, 0.15) is 5.75 Å². The smallest absolute Gasteiger partial charge is 0.319 e. The number of ether oxygens (including phenoxy) is 1. The minimum atomic E-state index is -0.315. The molecular weight excluding hydrogens is 356 g/mol. The molecule has 0 atom stereocenters. The van der Waals surface area contributed by atoms with Gasteiger partial charge in [0.05, 0.1) is 6.61 Å². The lowest BCUT2D eigenvalue weighted by Gasteiger charge is -2.11. The topological polar surface area (TPSA) is 82.7 Å². The van der Waals surface area contributed by atoms with Gasteiger partial charge < -0.3 is 25.6 Å². The largest absolute Gasteiger partial charge is 0.494 e. The van der Waals surface area contributed by atoms with Crippen molar-refractivity contribution in [2.45, 2.75) is 13.5 Å². The fourth-order valence-electron chi connectivity index (χ4n) is 2.48. The highest BCUT2D eigenvalue weighted by molar-refractivity contribution is 5.94. The molecule has 0 saturated carbocycles. The van der Waals surface area contributed by atoms with Gasteiger partial charge in [0, 0.05) is 30.9 Å². The Hall–Kier alpha value is -3.06. The summed E-state index contributed by atoms with van der Waals surface area (Å²) < 4.78 is 5.37. The third-order valence-corrected chi connectivity index (χ3v) is 3.91. The number of nitrogens with zero attached hydrogens (tertiary/aromatic N) is 1. The van der Waals surface area contributed by atoms with Gasteiger partial charge in [0.25, 0.3) is 5.91 Å². The highest BCUT2D eigenvalue weighted by Crippen LogP contribution is 2.15. The predicted octanol–water partition coefficient (Wildman–Crippen LogP) is 2.70. The van der Waals surface area contributed by atoms with Gasteiger partial charge in [-0.15, -0.1) is 0 Å². The number of hydrogen-bond donors (Lipinski definition) is 3. The van der Waals surface area contributed by atoms with E-state index >= 15 is 0 Å². The molecule has 0 aliphatic carbocycles. The van der Waals surface area contributed by atoms with Crippen LogP contribution in [-0.2, 0) is 6.54 Å². The minimum absolute atomic E-state index is 0.123. The van der Waals surface area contributed by atoms with Crippen LogP contribution >= 0.6 is 0 Å². The molecule has 3 amide bonds. The molecule has 0 bridgehead atoms. The monoisotopic (exact) mass is 384 g/mol. The summed E-state index contributed by atoms with van der Waals surface area (Å²) in [4.78, 5) is 26.3. The Bertz CT molecular complexity index is 775. The first-order chi connectivity index (χ1) is 13.5. The summed E-state index contributed by atoms with van der Waals surface area (Å²) in [5, 5.41) is 8.44. The molecule has 0 aromatic heterocycles. The van der Waals surface area contributed by atoms with E-state index in [1.807, 2.05) is 38.1 Å². The Morgan fingerprint density at radius 3 is 2.46 bits per heavy atom. The summed E-state index contributed by atoms with van der Waals surface area (Å²) in [7, 11) is 3.91. The van der Waals surface area contributed by atoms with Crippen molar-refractivity contribution >= 4 is 17.6 Å². The number of hydrogen-bond acceptors (Lipinski definition) is 4. The Morgan fingerprint density at radius 1 is 1.04 bits per heavy atom. The molecule has 2 aromatic rings. The Balaban J connectivity index is 1.83. The van der Waals surface area contributed by atoms with Gasteiger partial charge in [-0.1, -0.05) is 12.1 Å². The Labute approximate surface area is 166 Å². The molecule has 3 N–H and O–H groups in total. The Kier molecular flexibility index (Phi) is 8.30. The van der Waals surface area contributed by atoms with Crippen molar-refractivity contribution < 1.29 is 14.3 Å². The number of benzene rings is 2. The van der Waals surface area contributed by atoms with Crippen LogP contribution in [-0.4, -0.2) is 50.6 Å². The molecule has 2 rings (SSSR count). The summed E-state index contributed by atoms with van der Waals surface area (Å²) in [5.41, 5.74) is 2.10. The van der Waals surface area contributed by atoms with E-state index in [2.05, 4.69) is 16.0 Å². The van der Waals surface area contributed by atoms with Gasteiger partial charge >= 0.3 is 6.03 Å². The van der Waals surface area contributed by atoms with Crippen molar-refractivity contribution in [1.82, 2.24) is 15.5 Å². The summed E-state index contributed by atoms with van der Waals surface area (Å²) in [5.74, 6) is 0.636. The van der Waals surface area contributed by atoms with Crippen molar-refractivity contribution in [2.24, 2.45) is 0 Å². The van der Waals surface area contributed by atoms with Crippen molar-refractivity contribution in [2.75, 3.05) is 39.1 Å². The molecule has 150 valence electrons. The zero-order chi connectivity index (χ0) is 20.4. The van der Waals surface area contributed by atoms with E-state index in [-0.39, 0.29) is 11.9 Å². The molecule has 2 aromatic carbocycles. The van der Waals surface area contributed by atoms with Gasteiger partial charge in [0.15, 0.2) is 0 Å². The van der Waals surface area contributed by atoms with Gasteiger partial charge in [-0.2, -0.15) is 0 Å². The number of nitrogens with one attached hydrogen (secondary N) is 3. The highest BCUT2D eigenvalue weighted by atomic mass is 16.5. The molecule has 0 spiro atoms. The number of anilines is 1. The van der Waals surface area contributed by atoms with Gasteiger partial charge in [-0.05, 0) is 63.0 Å². The highest BCUT2D eigenvalue weighted by Gasteiger charge is 2.07. The van der Waals surface area contributed by atoms with Crippen LogP contribution in [0.5, 0.6) is 5.75 Å². The third kappa shape index (κ3) is 7.28. The first-order valence-corrected chi connectivity index (χ1v) is 9.27. The molecule has 0 aliphatic heterocycles. The fourth-order valence-corrected chi connectivity index (χ4v) is 2.48. The van der Waals surface area contributed by atoms with Crippen molar-refractivity contribution in [3.8, 4) is 5.75 Å². The van der Waals surface area contributed by atoms with Crippen LogP contribution < -0.4 is 20.7 Å². The molecule has 7 nitrogen and oxygen atoms in total. The van der Waals surface area contributed by atoms with E-state index < -0.39 is 0 Å². The molecule has 0 heterocycles. The van der Waals surface area contributed by atoms with Crippen LogP contribution in [0.25, 0.3) is 0 Å². The number of likely N-dealkylation sites (N-methyl/N-ethyl adjacent to an activating group) is 1. The zero-order valence-corrected chi connectivity index (χ0v) is 16.6. The van der Waals surface area contributed by atoms with Gasteiger partial charge in [-0.3, -0.25) is 4.79 Å². The number of urea groups is 1. The first-order valence-electron chi connectivity index (χ1n) is 9.27. The quantitative estimate of drug-likeness (QED) is 0.621. The number of carbonyl (C=O) groups excluding carboxylic acids is 2. The summed E-state index contributed by atoms with van der Waals surface area (Å²) in [6.07, 6.45) is 0. The molecule has 0 radical (unpaired) electrons. The van der Waals surface area contributed by atoms with E-state index in [1.54, 1.807) is 36.4 Å². The molecular formula is C21H28N4O3. The SMILES string of the molecule is CCOc1ccc(NC(=O)NCc2cccc(C(=O)NCCN(C)C)c2)cc1. The van der Waals surface area contributed by atoms with E-state index in [1.165, 1.54) is 0 Å². The lowest BCUT2D eigenvalue weighted by molar-refractivity contribution is 0.0951. The molecule has 0 unspecified atom stereocenters. The summed E-state index contributed by atoms with van der Waals surface area (Å²) >= 11 is 0. The van der Waals surface area contributed by atoms with Crippen LogP contribution in [0.4, 0.5) is 10.5 Å². The van der Waals surface area contributed by atoms with Crippen LogP contribution in [0, 0.1) is 0 Å². The molecule has 0 aliphatic rings. The van der Waals surface area contributed by atoms with E-state index in [0.717, 1.165) is 17.9 Å². The second-order valence-corrected chi connectivity index (χ2v) is 6.52. The van der Waals surface area contributed by atoms with Gasteiger partial charge in [-0.25, -0.2) is 4.79 Å². The maximum atomic E-state index is 12.2. The maximum absolute atomic E-state index is 12.2. The van der Waals surface area contributed by atoms with E-state index in [9.17, 15) is 9.59 Å². The fraction of sp³-hybridized carbons (Fsp3) is 0.333. The number of amides is 3. The zero-order valence-electron chi connectivity index (χ0n) is 16.6. The summed E-state index contributed by atoms with van der Waals surface area (Å²) in [6, 6.07) is 14.1. The average molecular weight is 384 g/mol. The van der Waals surface area contributed by atoms with Crippen molar-refractivity contribution in [3.05, 3.63) is 59.7 Å². The third-order valence-electron chi connectivity index (χ3n) is 3.91. The van der Waals surface area contributed by atoms with Crippen LogP contribution in [0.1, 0.15) is 22.8 Å². The molecule has 28 heavy (non-hydrogen) atoms. The standard InChI is InChI=1S/C21H28N4O3/c1-4-28-19-10-8-18(9-11-19)24-21(27)23-15-16-6-5-7-17(14-16)20(26)22-12-13-25(2)3/h5-11,14H,4,12-13,15H2,1-3H3,(H,22,26)(H2,23,24,27). The number of carbonyl (C=O) groups is 2. The van der Waals surface area contributed by atoms with Crippen LogP contribution in [0.15, 0.2) is 48.5 Å². The predicted molar refractivity (Wildman–Crippen MR) is 111 cm³/mol. The van der Waals surface area contributed by atoms with Crippen LogP contribution in [0.3, 0.4) is 0 Å². The number of rotatable bonds is 9. The van der Waals surface area contributed by atoms with E-state index in [0.29, 0.717) is 30.9 Å². The van der Waals surface area contributed by atoms with Gasteiger partial charge in [0.2, 0.25) is 0 Å². The minimum Gasteiger partial charge on any atom is -0.494 e. The Morgan fingerprint density at radius 2 is 1.79 bits per heavy atom. The lowest BCUT2D eigenvalue weighted by atomic mass is 10.1. The molecule has 7 heteroatoms. The second kappa shape index (κ2) is 10.9. The lowest BCUT2D eigenvalue weighted by Crippen LogP contribution is -2.31. The first kappa shape index (κ1) is 21.2. The van der Waals surface area contributed by atoms with Crippen molar-refractivity contribution in [3.63, 3.8) is 0 Å². The van der Waals surface area contributed by atoms with E-state index in [4.69, 9.17) is 4.74 Å². The summed E-state index contributed by atoms with van der Waals surface area (Å²) in [6.45, 7) is 4.20. The maximum Gasteiger partial charge on any atom is 0.319 e. The molecule has 0 saturated heterocycles. The second-order valence-electron chi connectivity index (χ2n) is 6.52. The molecule has 0 fully saturated rings. The van der Waals surface area contributed by atoms with Crippen molar-refractivity contribution in [1.29, 1.82) is 0 Å². The average Bonchev–Trinajstić information content (AvgIpc) is 2.68. The van der Waals surface area contributed by atoms with Crippen LogP contribution in [0.2, 0.25) is 0 Å². The normalized spacial score (nSPS) is 10.4.